The Hall–Kier alpha value is -0.730. The largest absolute Gasteiger partial charge is 0.338 e. The van der Waals surface area contributed by atoms with Crippen LogP contribution in [-0.2, 0) is 0 Å². The average molecular weight is 184 g/mol. The summed E-state index contributed by atoms with van der Waals surface area (Å²) in [5.74, 6) is 2.32. The van der Waals surface area contributed by atoms with Crippen molar-refractivity contribution in [2.24, 2.45) is 17.8 Å². The van der Waals surface area contributed by atoms with E-state index in [1.54, 1.807) is 0 Å². The molecular weight excluding hydrogens is 164 g/mol. The van der Waals surface area contributed by atoms with E-state index in [9.17, 15) is 4.79 Å². The van der Waals surface area contributed by atoms with Crippen molar-refractivity contribution >= 4 is 6.03 Å². The van der Waals surface area contributed by atoms with E-state index in [0.29, 0.717) is 6.54 Å². The van der Waals surface area contributed by atoms with Gasteiger partial charge in [0.05, 0.1) is 0 Å². The number of amides is 2. The lowest BCUT2D eigenvalue weighted by Crippen LogP contribution is -2.36. The minimum absolute atomic E-state index is 0.0306. The molecule has 76 valence electrons. The van der Waals surface area contributed by atoms with Crippen molar-refractivity contribution in [2.45, 2.75) is 27.2 Å². The molecule has 1 fully saturated rings. The first-order chi connectivity index (χ1) is 6.15. The molecule has 0 saturated heterocycles. The van der Waals surface area contributed by atoms with Crippen LogP contribution < -0.4 is 10.6 Å². The van der Waals surface area contributed by atoms with Crippen LogP contribution in [0.1, 0.15) is 27.2 Å². The summed E-state index contributed by atoms with van der Waals surface area (Å²) in [6.07, 6.45) is 1.28. The lowest BCUT2D eigenvalue weighted by Gasteiger charge is -2.06. The first-order valence-electron chi connectivity index (χ1n) is 5.16. The summed E-state index contributed by atoms with van der Waals surface area (Å²) in [5, 5.41) is 5.60. The fourth-order valence-corrected chi connectivity index (χ4v) is 1.77. The Morgan fingerprint density at radius 2 is 2.15 bits per heavy atom. The van der Waals surface area contributed by atoms with Crippen LogP contribution in [0.25, 0.3) is 0 Å². The minimum Gasteiger partial charge on any atom is -0.338 e. The van der Waals surface area contributed by atoms with Crippen LogP contribution >= 0.6 is 0 Å². The molecule has 0 aromatic carbocycles. The second kappa shape index (κ2) is 4.49. The highest BCUT2D eigenvalue weighted by molar-refractivity contribution is 5.73. The van der Waals surface area contributed by atoms with Crippen LogP contribution in [0, 0.1) is 17.8 Å². The molecule has 0 heterocycles. The molecule has 1 aliphatic carbocycles. The van der Waals surface area contributed by atoms with Crippen molar-refractivity contribution in [1.82, 2.24) is 10.6 Å². The first-order valence-corrected chi connectivity index (χ1v) is 5.16. The predicted octanol–water partition coefficient (Wildman–Crippen LogP) is 1.60. The second-order valence-corrected chi connectivity index (χ2v) is 4.14. The summed E-state index contributed by atoms with van der Waals surface area (Å²) in [6, 6.07) is -0.0306. The summed E-state index contributed by atoms with van der Waals surface area (Å²) in [5.41, 5.74) is 0. The monoisotopic (exact) mass is 184 g/mol. The fourth-order valence-electron chi connectivity index (χ4n) is 1.77. The summed E-state index contributed by atoms with van der Waals surface area (Å²) >= 11 is 0. The van der Waals surface area contributed by atoms with Gasteiger partial charge in [-0.05, 0) is 31.1 Å². The molecule has 1 rings (SSSR count). The van der Waals surface area contributed by atoms with Crippen molar-refractivity contribution in [3.63, 3.8) is 0 Å². The fraction of sp³-hybridized carbons (Fsp3) is 0.900. The normalized spacial score (nSPS) is 25.8. The van der Waals surface area contributed by atoms with E-state index in [4.69, 9.17) is 0 Å². The molecule has 2 atom stereocenters. The first kappa shape index (κ1) is 10.4. The van der Waals surface area contributed by atoms with E-state index in [1.165, 1.54) is 6.42 Å². The van der Waals surface area contributed by atoms with Crippen molar-refractivity contribution in [1.29, 1.82) is 0 Å². The van der Waals surface area contributed by atoms with E-state index >= 15 is 0 Å². The maximum Gasteiger partial charge on any atom is 0.314 e. The molecule has 0 aromatic rings. The number of urea groups is 1. The van der Waals surface area contributed by atoms with Gasteiger partial charge in [-0.3, -0.25) is 0 Å². The quantitative estimate of drug-likeness (QED) is 0.684. The highest BCUT2D eigenvalue weighted by Gasteiger charge is 2.38. The molecular formula is C10H20N2O. The molecule has 0 aromatic heterocycles. The summed E-state index contributed by atoms with van der Waals surface area (Å²) in [7, 11) is 0. The molecule has 2 amide bonds. The molecule has 3 heteroatoms. The number of hydrogen-bond donors (Lipinski definition) is 2. The average Bonchev–Trinajstić information content (AvgIpc) is 2.80. The maximum atomic E-state index is 11.0. The Kier molecular flexibility index (Phi) is 3.58. The Morgan fingerprint density at radius 3 is 2.62 bits per heavy atom. The van der Waals surface area contributed by atoms with Gasteiger partial charge >= 0.3 is 6.03 Å². The third-order valence-corrected chi connectivity index (χ3v) is 2.70. The number of hydrogen-bond acceptors (Lipinski definition) is 1. The van der Waals surface area contributed by atoms with E-state index < -0.39 is 0 Å². The minimum atomic E-state index is -0.0306. The van der Waals surface area contributed by atoms with Crippen molar-refractivity contribution in [3.8, 4) is 0 Å². The lowest BCUT2D eigenvalue weighted by molar-refractivity contribution is 0.240. The zero-order valence-electron chi connectivity index (χ0n) is 8.76. The van der Waals surface area contributed by atoms with Crippen molar-refractivity contribution in [2.75, 3.05) is 13.1 Å². The van der Waals surface area contributed by atoms with E-state index in [-0.39, 0.29) is 6.03 Å². The van der Waals surface area contributed by atoms with Gasteiger partial charge in [0.2, 0.25) is 0 Å². The number of carbonyl (C=O) groups is 1. The topological polar surface area (TPSA) is 41.1 Å². The number of rotatable bonds is 4. The molecule has 0 radical (unpaired) electrons. The summed E-state index contributed by atoms with van der Waals surface area (Å²) in [6.45, 7) is 7.96. The van der Waals surface area contributed by atoms with Gasteiger partial charge in [0, 0.05) is 13.1 Å². The van der Waals surface area contributed by atoms with Crippen LogP contribution in [0.5, 0.6) is 0 Å². The zero-order valence-corrected chi connectivity index (χ0v) is 8.76. The third kappa shape index (κ3) is 3.25. The highest BCUT2D eigenvalue weighted by Crippen LogP contribution is 2.43. The molecule has 1 aliphatic rings. The zero-order chi connectivity index (χ0) is 9.84. The Morgan fingerprint density at radius 1 is 1.46 bits per heavy atom. The standard InChI is InChI=1S/C10H20N2O/c1-4-11-10(13)12-6-8-5-9(8)7(2)3/h7-9H,4-6H2,1-3H3,(H2,11,12,13). The molecule has 2 unspecified atom stereocenters. The smallest absolute Gasteiger partial charge is 0.314 e. The maximum absolute atomic E-state index is 11.0. The Labute approximate surface area is 80.3 Å². The SMILES string of the molecule is CCNC(=O)NCC1CC1C(C)C. The van der Waals surface area contributed by atoms with Gasteiger partial charge in [0.25, 0.3) is 0 Å². The van der Waals surface area contributed by atoms with Crippen LogP contribution in [0.3, 0.4) is 0 Å². The van der Waals surface area contributed by atoms with Gasteiger partial charge < -0.3 is 10.6 Å². The molecule has 13 heavy (non-hydrogen) atoms. The second-order valence-electron chi connectivity index (χ2n) is 4.14. The highest BCUT2D eigenvalue weighted by atomic mass is 16.2. The van der Waals surface area contributed by atoms with Crippen LogP contribution in [-0.4, -0.2) is 19.1 Å². The molecule has 0 aliphatic heterocycles. The van der Waals surface area contributed by atoms with Gasteiger partial charge in [-0.25, -0.2) is 4.79 Å². The van der Waals surface area contributed by atoms with Crippen LogP contribution in [0.4, 0.5) is 4.79 Å². The Balaban J connectivity index is 2.05. The van der Waals surface area contributed by atoms with E-state index in [1.807, 2.05) is 6.92 Å². The van der Waals surface area contributed by atoms with Crippen LogP contribution in [0.15, 0.2) is 0 Å². The summed E-state index contributed by atoms with van der Waals surface area (Å²) < 4.78 is 0. The van der Waals surface area contributed by atoms with E-state index in [2.05, 4.69) is 24.5 Å². The molecule has 0 bridgehead atoms. The molecule has 2 N–H and O–H groups in total. The van der Waals surface area contributed by atoms with Crippen LogP contribution in [0.2, 0.25) is 0 Å². The van der Waals surface area contributed by atoms with Gasteiger partial charge in [0.15, 0.2) is 0 Å². The third-order valence-electron chi connectivity index (χ3n) is 2.70. The van der Waals surface area contributed by atoms with Crippen molar-refractivity contribution < 1.29 is 4.79 Å². The van der Waals surface area contributed by atoms with E-state index in [0.717, 1.165) is 24.3 Å². The number of carbonyl (C=O) groups excluding carboxylic acids is 1. The molecule has 0 spiro atoms. The van der Waals surface area contributed by atoms with Crippen molar-refractivity contribution in [3.05, 3.63) is 0 Å². The van der Waals surface area contributed by atoms with Gasteiger partial charge in [-0.15, -0.1) is 0 Å². The Bertz CT molecular complexity index is 180. The molecule has 3 nitrogen and oxygen atoms in total. The van der Waals surface area contributed by atoms with Gasteiger partial charge in [-0.2, -0.15) is 0 Å². The number of nitrogens with one attached hydrogen (secondary N) is 2. The molecule has 1 saturated carbocycles. The predicted molar refractivity (Wildman–Crippen MR) is 53.5 cm³/mol. The van der Waals surface area contributed by atoms with Gasteiger partial charge in [-0.1, -0.05) is 13.8 Å². The summed E-state index contributed by atoms with van der Waals surface area (Å²) in [4.78, 5) is 11.0. The van der Waals surface area contributed by atoms with Gasteiger partial charge in [0.1, 0.15) is 0 Å². The lowest BCUT2D eigenvalue weighted by atomic mass is 10.1.